The molecule has 0 aliphatic carbocycles. The van der Waals surface area contributed by atoms with Gasteiger partial charge < -0.3 is 0 Å². The Morgan fingerprint density at radius 1 is 1.38 bits per heavy atom. The van der Waals surface area contributed by atoms with Gasteiger partial charge in [0, 0.05) is 12.5 Å². The van der Waals surface area contributed by atoms with Crippen molar-refractivity contribution >= 4 is 5.78 Å². The van der Waals surface area contributed by atoms with Crippen LogP contribution in [0.2, 0.25) is 0 Å². The molecular formula is C14H18F4N2O. The van der Waals surface area contributed by atoms with E-state index in [1.165, 1.54) is 11.0 Å². The maximum Gasteiger partial charge on any atom is 0.401 e. The van der Waals surface area contributed by atoms with Crippen LogP contribution in [-0.4, -0.2) is 41.5 Å². The van der Waals surface area contributed by atoms with Crippen molar-refractivity contribution in [3.8, 4) is 0 Å². The first-order valence-corrected chi connectivity index (χ1v) is 6.67. The summed E-state index contributed by atoms with van der Waals surface area (Å²) < 4.78 is 50.1. The Labute approximate surface area is 121 Å². The lowest BCUT2D eigenvalue weighted by atomic mass is 10.0. The van der Waals surface area contributed by atoms with Crippen LogP contribution in [0.15, 0.2) is 18.3 Å². The second kappa shape index (κ2) is 7.49. The predicted molar refractivity (Wildman–Crippen MR) is 70.5 cm³/mol. The fourth-order valence-corrected chi connectivity index (χ4v) is 2.05. The third kappa shape index (κ3) is 6.20. The van der Waals surface area contributed by atoms with E-state index in [0.29, 0.717) is 6.42 Å². The van der Waals surface area contributed by atoms with Gasteiger partial charge in [0.05, 0.1) is 12.7 Å². The molecule has 1 aromatic rings. The van der Waals surface area contributed by atoms with E-state index in [0.717, 1.165) is 12.3 Å². The average molecular weight is 306 g/mol. The van der Waals surface area contributed by atoms with E-state index < -0.39 is 30.2 Å². The molecule has 21 heavy (non-hydrogen) atoms. The topological polar surface area (TPSA) is 33.2 Å². The Morgan fingerprint density at radius 3 is 2.52 bits per heavy atom. The van der Waals surface area contributed by atoms with Gasteiger partial charge in [-0.05, 0) is 25.1 Å². The van der Waals surface area contributed by atoms with E-state index in [9.17, 15) is 22.4 Å². The summed E-state index contributed by atoms with van der Waals surface area (Å²) in [4.78, 5) is 16.9. The standard InChI is InChI=1S/C14H18F4N2O/c1-3-6-20(9-14(16,17)18)8-10(2)13(21)12-5-4-11(15)7-19-12/h4-5,7,10H,3,6,8-9H2,1-2H3. The fourth-order valence-electron chi connectivity index (χ4n) is 2.05. The maximum atomic E-state index is 12.7. The van der Waals surface area contributed by atoms with E-state index in [2.05, 4.69) is 4.98 Å². The molecule has 118 valence electrons. The Hall–Kier alpha value is -1.50. The summed E-state index contributed by atoms with van der Waals surface area (Å²) in [6, 6.07) is 2.34. The molecule has 0 N–H and O–H groups in total. The smallest absolute Gasteiger partial charge is 0.294 e. The Balaban J connectivity index is 2.69. The number of rotatable bonds is 7. The molecule has 1 atom stereocenters. The summed E-state index contributed by atoms with van der Waals surface area (Å²) in [6.07, 6.45) is -2.82. The number of ketones is 1. The van der Waals surface area contributed by atoms with E-state index in [4.69, 9.17) is 0 Å². The molecule has 0 amide bonds. The molecule has 0 saturated heterocycles. The minimum atomic E-state index is -4.30. The molecule has 0 aliphatic heterocycles. The Kier molecular flexibility index (Phi) is 6.26. The summed E-state index contributed by atoms with van der Waals surface area (Å²) in [7, 11) is 0. The highest BCUT2D eigenvalue weighted by atomic mass is 19.4. The molecule has 3 nitrogen and oxygen atoms in total. The summed E-state index contributed by atoms with van der Waals surface area (Å²) in [5, 5.41) is 0. The Bertz CT molecular complexity index is 459. The van der Waals surface area contributed by atoms with Gasteiger partial charge in [-0.3, -0.25) is 14.7 Å². The number of hydrogen-bond acceptors (Lipinski definition) is 3. The van der Waals surface area contributed by atoms with Crippen LogP contribution in [0.1, 0.15) is 30.8 Å². The highest BCUT2D eigenvalue weighted by molar-refractivity contribution is 5.95. The lowest BCUT2D eigenvalue weighted by molar-refractivity contribution is -0.146. The maximum absolute atomic E-state index is 12.7. The zero-order valence-electron chi connectivity index (χ0n) is 12.0. The second-order valence-electron chi connectivity index (χ2n) is 4.98. The van der Waals surface area contributed by atoms with E-state index in [-0.39, 0.29) is 18.8 Å². The van der Waals surface area contributed by atoms with Crippen LogP contribution in [0, 0.1) is 11.7 Å². The minimum absolute atomic E-state index is 0.00869. The first-order chi connectivity index (χ1) is 9.73. The molecular weight excluding hydrogens is 288 g/mol. The number of carbonyl (C=O) groups excluding carboxylic acids is 1. The first-order valence-electron chi connectivity index (χ1n) is 6.67. The van der Waals surface area contributed by atoms with Crippen LogP contribution in [0.5, 0.6) is 0 Å². The van der Waals surface area contributed by atoms with Gasteiger partial charge in [-0.15, -0.1) is 0 Å². The van der Waals surface area contributed by atoms with Crippen molar-refractivity contribution in [2.24, 2.45) is 5.92 Å². The molecule has 0 aromatic carbocycles. The molecule has 0 saturated carbocycles. The molecule has 1 heterocycles. The summed E-state index contributed by atoms with van der Waals surface area (Å²) >= 11 is 0. The third-order valence-electron chi connectivity index (χ3n) is 2.90. The van der Waals surface area contributed by atoms with E-state index in [1.807, 2.05) is 0 Å². The summed E-state index contributed by atoms with van der Waals surface area (Å²) in [6.45, 7) is 2.53. The summed E-state index contributed by atoms with van der Waals surface area (Å²) in [5.41, 5.74) is 0.0624. The monoisotopic (exact) mass is 306 g/mol. The zero-order valence-corrected chi connectivity index (χ0v) is 12.0. The van der Waals surface area contributed by atoms with Crippen molar-refractivity contribution in [3.05, 3.63) is 29.8 Å². The quantitative estimate of drug-likeness (QED) is 0.572. The molecule has 7 heteroatoms. The van der Waals surface area contributed by atoms with Crippen molar-refractivity contribution in [3.63, 3.8) is 0 Å². The average Bonchev–Trinajstić information content (AvgIpc) is 2.37. The van der Waals surface area contributed by atoms with Gasteiger partial charge in [-0.25, -0.2) is 4.39 Å². The van der Waals surface area contributed by atoms with Crippen LogP contribution in [0.4, 0.5) is 17.6 Å². The second-order valence-corrected chi connectivity index (χ2v) is 4.98. The molecule has 0 radical (unpaired) electrons. The van der Waals surface area contributed by atoms with Gasteiger partial charge in [-0.1, -0.05) is 13.8 Å². The number of halogens is 4. The fraction of sp³-hybridized carbons (Fsp3) is 0.571. The van der Waals surface area contributed by atoms with Gasteiger partial charge in [0.15, 0.2) is 5.78 Å². The molecule has 0 bridgehead atoms. The number of Topliss-reactive ketones (excluding diaryl/α,β-unsaturated/α-hetero) is 1. The summed E-state index contributed by atoms with van der Waals surface area (Å²) in [5.74, 6) is -1.60. The number of nitrogens with zero attached hydrogens (tertiary/aromatic N) is 2. The number of aromatic nitrogens is 1. The van der Waals surface area contributed by atoms with E-state index >= 15 is 0 Å². The van der Waals surface area contributed by atoms with Crippen molar-refractivity contribution < 1.29 is 22.4 Å². The van der Waals surface area contributed by atoms with Crippen molar-refractivity contribution in [1.82, 2.24) is 9.88 Å². The molecule has 1 rings (SSSR count). The zero-order chi connectivity index (χ0) is 16.0. The minimum Gasteiger partial charge on any atom is -0.294 e. The lowest BCUT2D eigenvalue weighted by Crippen LogP contribution is -2.39. The van der Waals surface area contributed by atoms with Crippen LogP contribution in [0.25, 0.3) is 0 Å². The number of pyridine rings is 1. The molecule has 1 unspecified atom stereocenters. The van der Waals surface area contributed by atoms with Crippen LogP contribution >= 0.6 is 0 Å². The highest BCUT2D eigenvalue weighted by Crippen LogP contribution is 2.18. The highest BCUT2D eigenvalue weighted by Gasteiger charge is 2.31. The molecule has 0 fully saturated rings. The van der Waals surface area contributed by atoms with Gasteiger partial charge in [0.25, 0.3) is 0 Å². The largest absolute Gasteiger partial charge is 0.401 e. The van der Waals surface area contributed by atoms with Crippen LogP contribution < -0.4 is 0 Å². The molecule has 0 aliphatic rings. The van der Waals surface area contributed by atoms with Crippen LogP contribution in [0.3, 0.4) is 0 Å². The first kappa shape index (κ1) is 17.6. The SMILES string of the molecule is CCCN(CC(C)C(=O)c1ccc(F)cn1)CC(F)(F)F. The van der Waals surface area contributed by atoms with E-state index in [1.54, 1.807) is 13.8 Å². The van der Waals surface area contributed by atoms with Gasteiger partial charge in [-0.2, -0.15) is 13.2 Å². The number of alkyl halides is 3. The molecule has 0 spiro atoms. The lowest BCUT2D eigenvalue weighted by Gasteiger charge is -2.25. The van der Waals surface area contributed by atoms with Crippen molar-refractivity contribution in [1.29, 1.82) is 0 Å². The van der Waals surface area contributed by atoms with Crippen molar-refractivity contribution in [2.75, 3.05) is 19.6 Å². The third-order valence-corrected chi connectivity index (χ3v) is 2.90. The van der Waals surface area contributed by atoms with Gasteiger partial charge in [0.1, 0.15) is 11.5 Å². The number of carbonyl (C=O) groups is 1. The Morgan fingerprint density at radius 2 is 2.05 bits per heavy atom. The van der Waals surface area contributed by atoms with Crippen molar-refractivity contribution in [2.45, 2.75) is 26.4 Å². The molecule has 1 aromatic heterocycles. The van der Waals surface area contributed by atoms with Crippen LogP contribution in [-0.2, 0) is 0 Å². The normalized spacial score (nSPS) is 13.5. The van der Waals surface area contributed by atoms with Gasteiger partial charge >= 0.3 is 6.18 Å². The number of hydrogen-bond donors (Lipinski definition) is 0. The van der Waals surface area contributed by atoms with Gasteiger partial charge in [0.2, 0.25) is 0 Å². The predicted octanol–water partition coefficient (Wildman–Crippen LogP) is 3.31.